The monoisotopic (exact) mass is 473 g/mol. The molecule has 1 aromatic heterocycles. The van der Waals surface area contributed by atoms with Crippen molar-refractivity contribution in [1.29, 1.82) is 0 Å². The Kier molecular flexibility index (Phi) is 7.62. The molecule has 1 heterocycles. The molecule has 0 aliphatic heterocycles. The standard InChI is InChI=1S/C25H32ClN3O4/c1-17(30)14-20-8-9-22(31)29(28-20)21-10-12-25(13-11-21,18-6-5-7-19(26)15-18)16-33-23(32)27-24(2,3)4/h5-9,15,21H,10-14,16H2,1-4H3,(H,27,32). The molecule has 0 spiro atoms. The topological polar surface area (TPSA) is 90.3 Å². The molecule has 0 bridgehead atoms. The summed E-state index contributed by atoms with van der Waals surface area (Å²) in [5, 5.41) is 7.91. The van der Waals surface area contributed by atoms with E-state index in [4.69, 9.17) is 16.3 Å². The lowest BCUT2D eigenvalue weighted by Crippen LogP contribution is -2.44. The van der Waals surface area contributed by atoms with Crippen LogP contribution in [0, 0.1) is 0 Å². The number of rotatable bonds is 6. The van der Waals surface area contributed by atoms with Gasteiger partial charge in [-0.15, -0.1) is 0 Å². The van der Waals surface area contributed by atoms with Gasteiger partial charge in [0, 0.05) is 22.0 Å². The number of alkyl carbamates (subject to hydrolysis) is 1. The largest absolute Gasteiger partial charge is 0.449 e. The molecule has 7 nitrogen and oxygen atoms in total. The van der Waals surface area contributed by atoms with E-state index in [0.29, 0.717) is 36.4 Å². The number of aromatic nitrogens is 2. The van der Waals surface area contributed by atoms with E-state index in [1.54, 1.807) is 6.07 Å². The van der Waals surface area contributed by atoms with Crippen LogP contribution in [0.1, 0.15) is 70.7 Å². The lowest BCUT2D eigenvalue weighted by Gasteiger charge is -2.40. The zero-order chi connectivity index (χ0) is 24.2. The van der Waals surface area contributed by atoms with Gasteiger partial charge >= 0.3 is 6.09 Å². The number of hydrogen-bond donors (Lipinski definition) is 1. The molecule has 0 atom stereocenters. The summed E-state index contributed by atoms with van der Waals surface area (Å²) in [6.45, 7) is 7.42. The van der Waals surface area contributed by atoms with Crippen LogP contribution >= 0.6 is 11.6 Å². The predicted molar refractivity (Wildman–Crippen MR) is 128 cm³/mol. The predicted octanol–water partition coefficient (Wildman–Crippen LogP) is 4.61. The van der Waals surface area contributed by atoms with E-state index in [1.165, 1.54) is 17.7 Å². The summed E-state index contributed by atoms with van der Waals surface area (Å²) >= 11 is 6.28. The van der Waals surface area contributed by atoms with E-state index in [1.807, 2.05) is 45.0 Å². The lowest BCUT2D eigenvalue weighted by molar-refractivity contribution is -0.116. The van der Waals surface area contributed by atoms with Gasteiger partial charge in [0.2, 0.25) is 0 Å². The van der Waals surface area contributed by atoms with E-state index in [-0.39, 0.29) is 30.4 Å². The summed E-state index contributed by atoms with van der Waals surface area (Å²) in [5.41, 5.74) is 0.634. The third-order valence-corrected chi connectivity index (χ3v) is 6.20. The number of ketones is 1. The van der Waals surface area contributed by atoms with Crippen LogP contribution in [0.2, 0.25) is 5.02 Å². The van der Waals surface area contributed by atoms with Crippen LogP contribution in [0.3, 0.4) is 0 Å². The Morgan fingerprint density at radius 1 is 1.21 bits per heavy atom. The number of ether oxygens (including phenoxy) is 1. The second-order valence-electron chi connectivity index (χ2n) is 9.96. The van der Waals surface area contributed by atoms with Gasteiger partial charge < -0.3 is 10.1 Å². The Bertz CT molecular complexity index is 1070. The minimum atomic E-state index is -0.458. The van der Waals surface area contributed by atoms with Crippen molar-refractivity contribution in [2.75, 3.05) is 6.61 Å². The maximum atomic E-state index is 12.5. The van der Waals surface area contributed by atoms with Gasteiger partial charge in [-0.1, -0.05) is 23.7 Å². The van der Waals surface area contributed by atoms with Crippen LogP contribution in [0.5, 0.6) is 0 Å². The number of amides is 1. The molecule has 1 amide bonds. The van der Waals surface area contributed by atoms with E-state index in [0.717, 1.165) is 5.56 Å². The number of Topliss-reactive ketones (excluding diaryl/α,β-unsaturated/α-hetero) is 1. The average molecular weight is 474 g/mol. The summed E-state index contributed by atoms with van der Waals surface area (Å²) in [7, 11) is 0. The molecule has 1 aromatic carbocycles. The van der Waals surface area contributed by atoms with Gasteiger partial charge in [0.1, 0.15) is 12.4 Å². The van der Waals surface area contributed by atoms with Gasteiger partial charge in [-0.05, 0) is 77.1 Å². The molecular weight excluding hydrogens is 442 g/mol. The second kappa shape index (κ2) is 10.1. The molecule has 1 aliphatic rings. The molecule has 1 N–H and O–H groups in total. The summed E-state index contributed by atoms with van der Waals surface area (Å²) in [6.07, 6.45) is 2.52. The average Bonchev–Trinajstić information content (AvgIpc) is 2.72. The third-order valence-electron chi connectivity index (χ3n) is 5.96. The van der Waals surface area contributed by atoms with Crippen molar-refractivity contribution in [3.63, 3.8) is 0 Å². The number of carbonyl (C=O) groups is 2. The van der Waals surface area contributed by atoms with Gasteiger partial charge in [0.05, 0.1) is 18.2 Å². The Morgan fingerprint density at radius 2 is 1.91 bits per heavy atom. The van der Waals surface area contributed by atoms with Crippen LogP contribution in [0.15, 0.2) is 41.2 Å². The zero-order valence-electron chi connectivity index (χ0n) is 19.7. The minimum absolute atomic E-state index is 0.00185. The van der Waals surface area contributed by atoms with Gasteiger partial charge in [-0.25, -0.2) is 9.48 Å². The SMILES string of the molecule is CC(=O)Cc1ccc(=O)n(C2CCC(COC(=O)NC(C)(C)C)(c3cccc(Cl)c3)CC2)n1. The van der Waals surface area contributed by atoms with Crippen molar-refractivity contribution >= 4 is 23.5 Å². The van der Waals surface area contributed by atoms with Crippen LogP contribution < -0.4 is 10.9 Å². The third kappa shape index (κ3) is 6.67. The highest BCUT2D eigenvalue weighted by molar-refractivity contribution is 6.30. The molecular formula is C25H32ClN3O4. The first-order valence-electron chi connectivity index (χ1n) is 11.3. The van der Waals surface area contributed by atoms with Gasteiger partial charge in [0.15, 0.2) is 0 Å². The van der Waals surface area contributed by atoms with Crippen molar-refractivity contribution in [3.8, 4) is 0 Å². The second-order valence-corrected chi connectivity index (χ2v) is 10.4. The lowest BCUT2D eigenvalue weighted by atomic mass is 9.68. The van der Waals surface area contributed by atoms with Crippen LogP contribution in [-0.4, -0.2) is 33.8 Å². The Morgan fingerprint density at radius 3 is 2.52 bits per heavy atom. The first-order valence-corrected chi connectivity index (χ1v) is 11.6. The fourth-order valence-corrected chi connectivity index (χ4v) is 4.55. The molecule has 1 fully saturated rings. The summed E-state index contributed by atoms with van der Waals surface area (Å²) < 4.78 is 7.18. The zero-order valence-corrected chi connectivity index (χ0v) is 20.4. The van der Waals surface area contributed by atoms with Gasteiger partial charge in [-0.3, -0.25) is 9.59 Å². The number of benzene rings is 1. The van der Waals surface area contributed by atoms with Crippen LogP contribution in [0.4, 0.5) is 4.79 Å². The molecule has 8 heteroatoms. The molecule has 33 heavy (non-hydrogen) atoms. The smallest absolute Gasteiger partial charge is 0.407 e. The Hall–Kier alpha value is -2.67. The van der Waals surface area contributed by atoms with Gasteiger partial charge in [0.25, 0.3) is 5.56 Å². The first-order chi connectivity index (χ1) is 15.5. The number of carbonyl (C=O) groups excluding carboxylic acids is 2. The van der Waals surface area contributed by atoms with E-state index in [9.17, 15) is 14.4 Å². The van der Waals surface area contributed by atoms with Crippen molar-refractivity contribution in [2.24, 2.45) is 0 Å². The maximum absolute atomic E-state index is 12.5. The minimum Gasteiger partial charge on any atom is -0.449 e. The van der Waals surface area contributed by atoms with Crippen molar-refractivity contribution in [3.05, 3.63) is 63.0 Å². The molecule has 0 unspecified atom stereocenters. The fourth-order valence-electron chi connectivity index (χ4n) is 4.36. The molecule has 2 aromatic rings. The summed E-state index contributed by atoms with van der Waals surface area (Å²) in [6, 6.07) is 10.7. The number of halogens is 1. The highest BCUT2D eigenvalue weighted by Gasteiger charge is 2.39. The molecule has 0 radical (unpaired) electrons. The normalized spacial score (nSPS) is 20.8. The summed E-state index contributed by atoms with van der Waals surface area (Å²) in [5.74, 6) is 0.00185. The van der Waals surface area contributed by atoms with Crippen molar-refractivity contribution in [1.82, 2.24) is 15.1 Å². The summed E-state index contributed by atoms with van der Waals surface area (Å²) in [4.78, 5) is 36.3. The maximum Gasteiger partial charge on any atom is 0.407 e. The van der Waals surface area contributed by atoms with E-state index in [2.05, 4.69) is 10.4 Å². The first kappa shape index (κ1) is 25.0. The Labute approximate surface area is 199 Å². The Balaban J connectivity index is 1.81. The highest BCUT2D eigenvalue weighted by Crippen LogP contribution is 2.43. The van der Waals surface area contributed by atoms with Crippen molar-refractivity contribution in [2.45, 2.75) is 76.8 Å². The van der Waals surface area contributed by atoms with E-state index >= 15 is 0 Å². The molecule has 0 saturated heterocycles. The van der Waals surface area contributed by atoms with Crippen LogP contribution in [-0.2, 0) is 21.4 Å². The molecule has 3 rings (SSSR count). The van der Waals surface area contributed by atoms with Crippen LogP contribution in [0.25, 0.3) is 0 Å². The van der Waals surface area contributed by atoms with Gasteiger partial charge in [-0.2, -0.15) is 5.10 Å². The number of nitrogens with one attached hydrogen (secondary N) is 1. The molecule has 178 valence electrons. The number of nitrogens with zero attached hydrogens (tertiary/aromatic N) is 2. The van der Waals surface area contributed by atoms with Crippen molar-refractivity contribution < 1.29 is 14.3 Å². The van der Waals surface area contributed by atoms with E-state index < -0.39 is 17.0 Å². The highest BCUT2D eigenvalue weighted by atomic mass is 35.5. The molecule has 1 aliphatic carbocycles. The number of hydrogen-bond acceptors (Lipinski definition) is 5. The molecule has 1 saturated carbocycles. The fraction of sp³-hybridized carbons (Fsp3) is 0.520. The quantitative estimate of drug-likeness (QED) is 0.661.